The second-order valence-corrected chi connectivity index (χ2v) is 9.44. The van der Waals surface area contributed by atoms with Gasteiger partial charge in [-0.1, -0.05) is 6.07 Å². The van der Waals surface area contributed by atoms with Crippen LogP contribution in [0.25, 0.3) is 22.3 Å². The molecule has 4 aromatic rings. The first-order chi connectivity index (χ1) is 18.4. The summed E-state index contributed by atoms with van der Waals surface area (Å²) in [5, 5.41) is 12.6. The van der Waals surface area contributed by atoms with Gasteiger partial charge in [0.1, 0.15) is 34.1 Å². The van der Waals surface area contributed by atoms with Crippen LogP contribution < -0.4 is 14.2 Å². The van der Waals surface area contributed by atoms with Gasteiger partial charge in [-0.25, -0.2) is 4.98 Å². The second-order valence-electron chi connectivity index (χ2n) is 9.44. The number of benzene rings is 2. The van der Waals surface area contributed by atoms with Crippen LogP contribution in [-0.2, 0) is 0 Å². The van der Waals surface area contributed by atoms with Crippen molar-refractivity contribution in [1.82, 2.24) is 30.1 Å². The number of carbonyl (C=O) groups excluding carboxylic acids is 2. The van der Waals surface area contributed by atoms with Gasteiger partial charge in [0, 0.05) is 42.9 Å². The number of tetrazole rings is 1. The van der Waals surface area contributed by atoms with Gasteiger partial charge in [-0.3, -0.25) is 9.59 Å². The quantitative estimate of drug-likeness (QED) is 0.405. The molecule has 4 heterocycles. The molecule has 11 nitrogen and oxygen atoms in total. The predicted molar refractivity (Wildman–Crippen MR) is 136 cm³/mol. The minimum absolute atomic E-state index is 0.0112. The number of pyridine rings is 1. The third-order valence-electron chi connectivity index (χ3n) is 7.19. The van der Waals surface area contributed by atoms with Crippen LogP contribution >= 0.6 is 0 Å². The maximum absolute atomic E-state index is 13.5. The molecular formula is C27H25N6O5. The number of aromatic nitrogens is 5. The van der Waals surface area contributed by atoms with Crippen molar-refractivity contribution < 1.29 is 23.8 Å². The number of Topliss-reactive ketones (excluding diaryl/α,β-unsaturated/α-hetero) is 1. The van der Waals surface area contributed by atoms with E-state index in [0.29, 0.717) is 65.6 Å². The Labute approximate surface area is 218 Å². The third-order valence-corrected chi connectivity index (χ3v) is 7.19. The topological polar surface area (TPSA) is 122 Å². The van der Waals surface area contributed by atoms with Gasteiger partial charge in [0.2, 0.25) is 5.82 Å². The molecule has 2 aromatic carbocycles. The Hall–Kier alpha value is -4.54. The van der Waals surface area contributed by atoms with Crippen LogP contribution in [0.15, 0.2) is 42.5 Å². The number of carbonyl (C=O) groups is 2. The Kier molecular flexibility index (Phi) is 5.70. The number of para-hydroxylation sites is 1. The Bertz CT molecular complexity index is 1570. The lowest BCUT2D eigenvalue weighted by atomic mass is 9.82. The molecule has 0 bridgehead atoms. The van der Waals surface area contributed by atoms with Gasteiger partial charge < -0.3 is 19.1 Å². The summed E-state index contributed by atoms with van der Waals surface area (Å²) in [6, 6.07) is 12.5. The Morgan fingerprint density at radius 2 is 1.87 bits per heavy atom. The maximum atomic E-state index is 13.5. The number of ketones is 1. The van der Waals surface area contributed by atoms with E-state index in [1.165, 1.54) is 0 Å². The van der Waals surface area contributed by atoms with Gasteiger partial charge >= 0.3 is 0 Å². The smallest absolute Gasteiger partial charge is 0.272 e. The maximum Gasteiger partial charge on any atom is 0.272 e. The van der Waals surface area contributed by atoms with Crippen molar-refractivity contribution in [3.8, 4) is 28.6 Å². The van der Waals surface area contributed by atoms with Crippen LogP contribution in [-0.4, -0.2) is 74.7 Å². The van der Waals surface area contributed by atoms with Crippen LogP contribution in [0, 0.1) is 7.05 Å². The molecule has 1 saturated heterocycles. The normalized spacial score (nSPS) is 16.3. The zero-order valence-electron chi connectivity index (χ0n) is 21.0. The molecule has 0 saturated carbocycles. The number of amides is 1. The van der Waals surface area contributed by atoms with E-state index in [9.17, 15) is 9.59 Å². The molecule has 38 heavy (non-hydrogen) atoms. The average Bonchev–Trinajstić information content (AvgIpc) is 3.38. The number of likely N-dealkylation sites (tertiary alicyclic amines) is 1. The molecule has 6 rings (SSSR count). The van der Waals surface area contributed by atoms with Gasteiger partial charge in [-0.2, -0.15) is 4.80 Å². The largest absolute Gasteiger partial charge is 0.496 e. The standard InChI is InChI=1S/C27H25N6O5/c1-32-30-25(29-31-32)16-7-8-21-18(13-16)20(34)15-27(38-21)9-11-33(12-10-27)26(35)19-14-23(37-3)17-5-4-6-22(36-2)24(17)28-19/h4-8,13-14H,1,9-12,15H2,2-3H3. The zero-order valence-corrected chi connectivity index (χ0v) is 21.0. The van der Waals surface area contributed by atoms with Crippen molar-refractivity contribution in [2.75, 3.05) is 27.3 Å². The van der Waals surface area contributed by atoms with Gasteiger partial charge in [0.25, 0.3) is 5.91 Å². The first-order valence-corrected chi connectivity index (χ1v) is 12.2. The lowest BCUT2D eigenvalue weighted by Gasteiger charge is -2.43. The van der Waals surface area contributed by atoms with Gasteiger partial charge in [-0.15, -0.1) is 10.2 Å². The Morgan fingerprint density at radius 3 is 2.58 bits per heavy atom. The van der Waals surface area contributed by atoms with Crippen LogP contribution in [0.5, 0.6) is 17.2 Å². The molecule has 1 fully saturated rings. The molecule has 1 spiro atoms. The Balaban J connectivity index is 1.21. The number of fused-ring (bicyclic) bond motifs is 2. The Morgan fingerprint density at radius 1 is 1.08 bits per heavy atom. The number of hydrogen-bond acceptors (Lipinski definition) is 9. The van der Waals surface area contributed by atoms with Crippen LogP contribution in [0.2, 0.25) is 0 Å². The molecule has 1 radical (unpaired) electrons. The average molecular weight is 514 g/mol. The number of rotatable bonds is 4. The summed E-state index contributed by atoms with van der Waals surface area (Å²) in [7, 11) is 6.72. The number of ether oxygens (including phenoxy) is 3. The van der Waals surface area contributed by atoms with Crippen molar-refractivity contribution >= 4 is 22.6 Å². The van der Waals surface area contributed by atoms with E-state index in [2.05, 4.69) is 27.4 Å². The van der Waals surface area contributed by atoms with Crippen LogP contribution in [0.1, 0.15) is 40.1 Å². The molecule has 2 aliphatic rings. The summed E-state index contributed by atoms with van der Waals surface area (Å²) in [4.78, 5) is 34.1. The minimum Gasteiger partial charge on any atom is -0.496 e. The fourth-order valence-electron chi connectivity index (χ4n) is 5.18. The second kappa shape index (κ2) is 9.09. The van der Waals surface area contributed by atoms with Gasteiger partial charge in [0.15, 0.2) is 5.78 Å². The molecule has 0 atom stereocenters. The fourth-order valence-corrected chi connectivity index (χ4v) is 5.18. The van der Waals surface area contributed by atoms with Gasteiger partial charge in [-0.05, 0) is 35.5 Å². The summed E-state index contributed by atoms with van der Waals surface area (Å²) >= 11 is 0. The van der Waals surface area contributed by atoms with Crippen LogP contribution in [0.3, 0.4) is 0 Å². The molecule has 0 unspecified atom stereocenters. The predicted octanol–water partition coefficient (Wildman–Crippen LogP) is 3.19. The highest BCUT2D eigenvalue weighted by molar-refractivity contribution is 6.01. The van der Waals surface area contributed by atoms with Crippen LogP contribution in [0.4, 0.5) is 0 Å². The van der Waals surface area contributed by atoms with E-state index in [0.717, 1.165) is 10.2 Å². The van der Waals surface area contributed by atoms with Crippen molar-refractivity contribution in [3.63, 3.8) is 0 Å². The first kappa shape index (κ1) is 23.8. The lowest BCUT2D eigenvalue weighted by Crippen LogP contribution is -2.52. The first-order valence-electron chi connectivity index (χ1n) is 12.2. The molecular weight excluding hydrogens is 488 g/mol. The fraction of sp³-hybridized carbons (Fsp3) is 0.296. The zero-order chi connectivity index (χ0) is 26.4. The SMILES string of the molecule is [CH2]n1nnc(-c2ccc3c(c2)C(=O)CC2(CCN(C(=O)c4cc(OC)c5cccc(OC)c5n4)CC2)O3)n1. The monoisotopic (exact) mass is 513 g/mol. The molecule has 0 N–H and O–H groups in total. The van der Waals surface area contributed by atoms with E-state index in [-0.39, 0.29) is 23.8 Å². The summed E-state index contributed by atoms with van der Waals surface area (Å²) in [6.45, 7) is 0.869. The lowest BCUT2D eigenvalue weighted by molar-refractivity contribution is -0.00583. The summed E-state index contributed by atoms with van der Waals surface area (Å²) < 4.78 is 17.4. The molecule has 11 heteroatoms. The van der Waals surface area contributed by atoms with E-state index in [4.69, 9.17) is 14.2 Å². The van der Waals surface area contributed by atoms with Crippen molar-refractivity contribution in [2.45, 2.75) is 24.9 Å². The number of methoxy groups -OCH3 is 2. The highest BCUT2D eigenvalue weighted by Gasteiger charge is 2.44. The minimum atomic E-state index is -0.658. The van der Waals surface area contributed by atoms with E-state index in [1.54, 1.807) is 49.5 Å². The molecule has 1 amide bonds. The van der Waals surface area contributed by atoms with E-state index >= 15 is 0 Å². The van der Waals surface area contributed by atoms with Crippen molar-refractivity contribution in [2.24, 2.45) is 0 Å². The number of piperidine rings is 1. The van der Waals surface area contributed by atoms with Crippen molar-refractivity contribution in [1.29, 1.82) is 0 Å². The molecule has 2 aliphatic heterocycles. The van der Waals surface area contributed by atoms with E-state index in [1.807, 2.05) is 12.1 Å². The molecule has 2 aromatic heterocycles. The molecule has 193 valence electrons. The third kappa shape index (κ3) is 4.00. The van der Waals surface area contributed by atoms with Gasteiger partial charge in [0.05, 0.1) is 33.3 Å². The van der Waals surface area contributed by atoms with E-state index < -0.39 is 5.60 Å². The number of nitrogens with zero attached hydrogens (tertiary/aromatic N) is 6. The number of hydrogen-bond donors (Lipinski definition) is 0. The molecule has 0 aliphatic carbocycles. The highest BCUT2D eigenvalue weighted by Crippen LogP contribution is 2.41. The summed E-state index contributed by atoms with van der Waals surface area (Å²) in [5.41, 5.74) is 1.35. The van der Waals surface area contributed by atoms with Crippen molar-refractivity contribution in [3.05, 3.63) is 60.8 Å². The summed E-state index contributed by atoms with van der Waals surface area (Å²) in [6.07, 6.45) is 1.29. The highest BCUT2D eigenvalue weighted by atomic mass is 16.5. The summed E-state index contributed by atoms with van der Waals surface area (Å²) in [5.74, 6) is 1.82.